The molecule has 2 nitrogen and oxygen atoms in total. The number of ether oxygens (including phenoxy) is 2. The standard InChI is InChI=1S/C30H50O2/c1-4-7-9-11-13-15-17-19-21-25-31-29-24-23-28(6-3)27-30(29)32-26-22-20-18-16-14-12-10-8-5-2/h3,23-24,27H,4-5,7-22,25-26H2,1-2H3. The highest BCUT2D eigenvalue weighted by molar-refractivity contribution is 5.47. The molecule has 0 bridgehead atoms. The molecule has 0 N–H and O–H groups in total. The van der Waals surface area contributed by atoms with Gasteiger partial charge in [0.25, 0.3) is 0 Å². The van der Waals surface area contributed by atoms with Gasteiger partial charge < -0.3 is 9.47 Å². The van der Waals surface area contributed by atoms with Gasteiger partial charge in [-0.2, -0.15) is 0 Å². The van der Waals surface area contributed by atoms with Crippen LogP contribution >= 0.6 is 0 Å². The zero-order valence-corrected chi connectivity index (χ0v) is 21.3. The van der Waals surface area contributed by atoms with Gasteiger partial charge in [-0.25, -0.2) is 0 Å². The molecule has 0 fully saturated rings. The second kappa shape index (κ2) is 21.2. The van der Waals surface area contributed by atoms with E-state index in [4.69, 9.17) is 15.9 Å². The number of terminal acetylenes is 1. The summed E-state index contributed by atoms with van der Waals surface area (Å²) in [5.41, 5.74) is 0.850. The summed E-state index contributed by atoms with van der Waals surface area (Å²) in [6, 6.07) is 5.85. The molecule has 0 aliphatic heterocycles. The summed E-state index contributed by atoms with van der Waals surface area (Å²) in [5.74, 6) is 4.34. The second-order valence-corrected chi connectivity index (χ2v) is 9.16. The molecular formula is C30H50O2. The number of rotatable bonds is 22. The first-order chi connectivity index (χ1) is 15.8. The molecule has 1 rings (SSSR count). The summed E-state index contributed by atoms with van der Waals surface area (Å²) in [5, 5.41) is 0. The quantitative estimate of drug-likeness (QED) is 0.131. The van der Waals surface area contributed by atoms with E-state index in [1.54, 1.807) is 0 Å². The van der Waals surface area contributed by atoms with E-state index in [1.807, 2.05) is 18.2 Å². The van der Waals surface area contributed by atoms with Crippen molar-refractivity contribution in [3.63, 3.8) is 0 Å². The molecule has 0 radical (unpaired) electrons. The first kappa shape index (κ1) is 28.4. The smallest absolute Gasteiger partial charge is 0.162 e. The van der Waals surface area contributed by atoms with Crippen molar-refractivity contribution < 1.29 is 9.47 Å². The lowest BCUT2D eigenvalue weighted by atomic mass is 10.1. The van der Waals surface area contributed by atoms with Crippen LogP contribution in [-0.4, -0.2) is 13.2 Å². The zero-order chi connectivity index (χ0) is 23.1. The molecule has 32 heavy (non-hydrogen) atoms. The topological polar surface area (TPSA) is 18.5 Å². The molecule has 0 spiro atoms. The summed E-state index contributed by atoms with van der Waals surface area (Å²) < 4.78 is 12.1. The van der Waals surface area contributed by atoms with Gasteiger partial charge in [0.05, 0.1) is 13.2 Å². The van der Waals surface area contributed by atoms with Gasteiger partial charge in [0.2, 0.25) is 0 Å². The van der Waals surface area contributed by atoms with Crippen LogP contribution in [0.3, 0.4) is 0 Å². The Balaban J connectivity index is 2.18. The fraction of sp³-hybridized carbons (Fsp3) is 0.733. The summed E-state index contributed by atoms with van der Waals surface area (Å²) in [6.45, 7) is 6.03. The van der Waals surface area contributed by atoms with Gasteiger partial charge in [0.1, 0.15) is 0 Å². The molecule has 1 aromatic carbocycles. The molecule has 0 amide bonds. The van der Waals surface area contributed by atoms with Crippen molar-refractivity contribution in [1.82, 2.24) is 0 Å². The fourth-order valence-electron chi connectivity index (χ4n) is 4.02. The molecule has 0 saturated carbocycles. The van der Waals surface area contributed by atoms with E-state index in [2.05, 4.69) is 19.8 Å². The van der Waals surface area contributed by atoms with Crippen LogP contribution in [0.2, 0.25) is 0 Å². The van der Waals surface area contributed by atoms with Crippen molar-refractivity contribution in [2.24, 2.45) is 0 Å². The molecule has 1 aromatic rings. The minimum atomic E-state index is 0.734. The van der Waals surface area contributed by atoms with E-state index in [1.165, 1.54) is 103 Å². The highest BCUT2D eigenvalue weighted by Crippen LogP contribution is 2.29. The van der Waals surface area contributed by atoms with E-state index >= 15 is 0 Å². The summed E-state index contributed by atoms with van der Waals surface area (Å²) in [7, 11) is 0. The Morgan fingerprint density at radius 3 is 1.41 bits per heavy atom. The maximum atomic E-state index is 6.06. The van der Waals surface area contributed by atoms with Crippen molar-refractivity contribution in [3.05, 3.63) is 23.8 Å². The van der Waals surface area contributed by atoms with Crippen LogP contribution in [0.15, 0.2) is 18.2 Å². The van der Waals surface area contributed by atoms with Gasteiger partial charge in [-0.05, 0) is 31.0 Å². The molecule has 0 atom stereocenters. The van der Waals surface area contributed by atoms with E-state index in [-0.39, 0.29) is 0 Å². The lowest BCUT2D eigenvalue weighted by Crippen LogP contribution is -2.03. The van der Waals surface area contributed by atoms with Gasteiger partial charge >= 0.3 is 0 Å². The predicted octanol–water partition coefficient (Wildman–Crippen LogP) is 9.49. The number of hydrogen-bond acceptors (Lipinski definition) is 2. The van der Waals surface area contributed by atoms with E-state index in [9.17, 15) is 0 Å². The Labute approximate surface area is 199 Å². The van der Waals surface area contributed by atoms with Gasteiger partial charge in [0.15, 0.2) is 11.5 Å². The Morgan fingerprint density at radius 2 is 0.969 bits per heavy atom. The highest BCUT2D eigenvalue weighted by Gasteiger charge is 2.07. The van der Waals surface area contributed by atoms with Crippen LogP contribution in [0.1, 0.15) is 135 Å². The van der Waals surface area contributed by atoms with Crippen LogP contribution in [0.25, 0.3) is 0 Å². The Kier molecular flexibility index (Phi) is 18.9. The molecule has 0 heterocycles. The van der Waals surface area contributed by atoms with Crippen molar-refractivity contribution in [2.75, 3.05) is 13.2 Å². The first-order valence-corrected chi connectivity index (χ1v) is 13.7. The Morgan fingerprint density at radius 1 is 0.562 bits per heavy atom. The average molecular weight is 443 g/mol. The first-order valence-electron chi connectivity index (χ1n) is 13.7. The van der Waals surface area contributed by atoms with E-state index in [0.717, 1.165) is 43.1 Å². The lowest BCUT2D eigenvalue weighted by Gasteiger charge is -2.13. The van der Waals surface area contributed by atoms with Crippen LogP contribution in [0.4, 0.5) is 0 Å². The fourth-order valence-corrected chi connectivity index (χ4v) is 4.02. The maximum Gasteiger partial charge on any atom is 0.162 e. The molecule has 0 unspecified atom stereocenters. The largest absolute Gasteiger partial charge is 0.490 e. The SMILES string of the molecule is C#Cc1ccc(OCCCCCCCCCCC)c(OCCCCCCCCCCC)c1. The maximum absolute atomic E-state index is 6.06. The minimum absolute atomic E-state index is 0.734. The number of unbranched alkanes of at least 4 members (excludes halogenated alkanes) is 16. The summed E-state index contributed by atoms with van der Waals surface area (Å²) in [6.07, 6.45) is 29.3. The summed E-state index contributed by atoms with van der Waals surface area (Å²) in [4.78, 5) is 0. The van der Waals surface area contributed by atoms with Gasteiger partial charge in [0, 0.05) is 5.56 Å². The Hall–Kier alpha value is -1.62. The molecule has 182 valence electrons. The molecule has 2 heteroatoms. The van der Waals surface area contributed by atoms with Crippen LogP contribution in [-0.2, 0) is 0 Å². The van der Waals surface area contributed by atoms with Crippen LogP contribution < -0.4 is 9.47 Å². The third-order valence-electron chi connectivity index (χ3n) is 6.12. The zero-order valence-electron chi connectivity index (χ0n) is 21.3. The minimum Gasteiger partial charge on any atom is -0.490 e. The summed E-state index contributed by atoms with van der Waals surface area (Å²) >= 11 is 0. The van der Waals surface area contributed by atoms with Crippen molar-refractivity contribution in [1.29, 1.82) is 0 Å². The second-order valence-electron chi connectivity index (χ2n) is 9.16. The molecular weight excluding hydrogens is 392 g/mol. The van der Waals surface area contributed by atoms with Crippen LogP contribution in [0, 0.1) is 12.3 Å². The lowest BCUT2D eigenvalue weighted by molar-refractivity contribution is 0.258. The highest BCUT2D eigenvalue weighted by atomic mass is 16.5. The predicted molar refractivity (Wildman–Crippen MR) is 140 cm³/mol. The van der Waals surface area contributed by atoms with Gasteiger partial charge in [-0.3, -0.25) is 0 Å². The van der Waals surface area contributed by atoms with Crippen molar-refractivity contribution >= 4 is 0 Å². The molecule has 0 aliphatic rings. The van der Waals surface area contributed by atoms with Crippen molar-refractivity contribution in [3.8, 4) is 23.8 Å². The molecule has 0 saturated heterocycles. The molecule has 0 aromatic heterocycles. The van der Waals surface area contributed by atoms with E-state index < -0.39 is 0 Å². The average Bonchev–Trinajstić information content (AvgIpc) is 2.82. The normalized spacial score (nSPS) is 10.8. The van der Waals surface area contributed by atoms with Gasteiger partial charge in [-0.1, -0.05) is 123 Å². The Bertz CT molecular complexity index is 587. The van der Waals surface area contributed by atoms with Crippen molar-refractivity contribution in [2.45, 2.75) is 129 Å². The number of benzene rings is 1. The van der Waals surface area contributed by atoms with E-state index in [0.29, 0.717) is 0 Å². The monoisotopic (exact) mass is 442 g/mol. The van der Waals surface area contributed by atoms with Gasteiger partial charge in [-0.15, -0.1) is 6.42 Å². The third-order valence-corrected chi connectivity index (χ3v) is 6.12. The number of hydrogen-bond donors (Lipinski definition) is 0. The van der Waals surface area contributed by atoms with Crippen LogP contribution in [0.5, 0.6) is 11.5 Å². The molecule has 0 aliphatic carbocycles. The third kappa shape index (κ3) is 15.2.